The first-order valence-electron chi connectivity index (χ1n) is 11.1. The van der Waals surface area contributed by atoms with Gasteiger partial charge < -0.3 is 10.1 Å². The Morgan fingerprint density at radius 1 is 1.15 bits per heavy atom. The summed E-state index contributed by atoms with van der Waals surface area (Å²) in [7, 11) is 0. The second-order valence-corrected chi connectivity index (χ2v) is 9.77. The Morgan fingerprint density at radius 2 is 1.82 bits per heavy atom. The van der Waals surface area contributed by atoms with Gasteiger partial charge in [0.25, 0.3) is 0 Å². The first-order chi connectivity index (χ1) is 15.8. The number of carbonyl (C=O) groups excluding carboxylic acids is 2. The van der Waals surface area contributed by atoms with Crippen molar-refractivity contribution in [3.05, 3.63) is 47.4 Å². The van der Waals surface area contributed by atoms with Crippen molar-refractivity contribution in [2.45, 2.75) is 70.3 Å². The number of aryl methyl sites for hydroxylation is 1. The summed E-state index contributed by atoms with van der Waals surface area (Å²) >= 11 is 0. The van der Waals surface area contributed by atoms with Crippen LogP contribution in [0.3, 0.4) is 0 Å². The van der Waals surface area contributed by atoms with Crippen LogP contribution in [0.2, 0.25) is 0 Å². The van der Waals surface area contributed by atoms with E-state index in [9.17, 15) is 22.8 Å². The normalized spacial score (nSPS) is 22.9. The fraction of sp³-hybridized carbons (Fsp3) is 0.500. The van der Waals surface area contributed by atoms with Gasteiger partial charge in [0.1, 0.15) is 11.1 Å². The summed E-state index contributed by atoms with van der Waals surface area (Å²) < 4.78 is 44.5. The maximum atomic E-state index is 13.3. The van der Waals surface area contributed by atoms with Gasteiger partial charge in [0, 0.05) is 17.8 Å². The third kappa shape index (κ3) is 4.45. The number of carbonyl (C=O) groups is 2. The molecule has 0 saturated carbocycles. The zero-order valence-electron chi connectivity index (χ0n) is 19.5. The Labute approximate surface area is 195 Å². The first-order valence-corrected chi connectivity index (χ1v) is 11.1. The number of likely N-dealkylation sites (tertiary alicyclic amines) is 1. The number of rotatable bonds is 2. The highest BCUT2D eigenvalue weighted by Gasteiger charge is 2.58. The summed E-state index contributed by atoms with van der Waals surface area (Å²) in [5.41, 5.74) is -1.01. The number of hydrogen-bond acceptors (Lipinski definition) is 5. The van der Waals surface area contributed by atoms with Crippen LogP contribution < -0.4 is 5.32 Å². The van der Waals surface area contributed by atoms with E-state index >= 15 is 0 Å². The van der Waals surface area contributed by atoms with Gasteiger partial charge in [-0.1, -0.05) is 12.1 Å². The van der Waals surface area contributed by atoms with Crippen molar-refractivity contribution >= 4 is 12.0 Å². The van der Waals surface area contributed by atoms with Gasteiger partial charge in [0.05, 0.1) is 17.3 Å². The van der Waals surface area contributed by atoms with Gasteiger partial charge in [-0.2, -0.15) is 13.2 Å². The molecule has 2 amide bonds. The summed E-state index contributed by atoms with van der Waals surface area (Å²) in [4.78, 5) is 36.7. The molecule has 2 aliphatic heterocycles. The molecule has 1 aromatic heterocycles. The molecule has 2 fully saturated rings. The highest BCUT2D eigenvalue weighted by molar-refractivity contribution is 5.92. The fourth-order valence-electron chi connectivity index (χ4n) is 4.63. The second-order valence-electron chi connectivity index (χ2n) is 9.77. The Morgan fingerprint density at radius 3 is 2.38 bits per heavy atom. The van der Waals surface area contributed by atoms with Crippen LogP contribution in [0.1, 0.15) is 63.2 Å². The zero-order valence-corrected chi connectivity index (χ0v) is 19.5. The van der Waals surface area contributed by atoms with E-state index in [4.69, 9.17) is 4.74 Å². The molecule has 1 spiro atoms. The Balaban J connectivity index is 1.73. The van der Waals surface area contributed by atoms with Gasteiger partial charge in [-0.15, -0.1) is 0 Å². The lowest BCUT2D eigenvalue weighted by molar-refractivity contribution is -0.137. The van der Waals surface area contributed by atoms with Crippen molar-refractivity contribution in [1.29, 1.82) is 0 Å². The average molecular weight is 476 g/mol. The molecule has 182 valence electrons. The second kappa shape index (κ2) is 8.25. The molecule has 2 aliphatic rings. The molecule has 0 unspecified atom stereocenters. The quantitative estimate of drug-likeness (QED) is 0.673. The van der Waals surface area contributed by atoms with E-state index in [1.54, 1.807) is 33.8 Å². The lowest BCUT2D eigenvalue weighted by atomic mass is 9.94. The van der Waals surface area contributed by atoms with E-state index in [-0.39, 0.29) is 5.91 Å². The van der Waals surface area contributed by atoms with E-state index in [1.807, 2.05) is 0 Å². The van der Waals surface area contributed by atoms with Gasteiger partial charge in [0.15, 0.2) is 5.82 Å². The molecule has 34 heavy (non-hydrogen) atoms. The lowest BCUT2D eigenvalue weighted by Gasteiger charge is -2.36. The average Bonchev–Trinajstić information content (AvgIpc) is 3.29. The molecule has 4 rings (SSSR count). The van der Waals surface area contributed by atoms with Crippen LogP contribution in [0.5, 0.6) is 0 Å². The van der Waals surface area contributed by atoms with Crippen LogP contribution in [-0.4, -0.2) is 44.6 Å². The largest absolute Gasteiger partial charge is 0.444 e. The fourth-order valence-corrected chi connectivity index (χ4v) is 4.63. The predicted molar refractivity (Wildman–Crippen MR) is 118 cm³/mol. The molecule has 10 heteroatoms. The van der Waals surface area contributed by atoms with Crippen molar-refractivity contribution in [3.8, 4) is 11.3 Å². The minimum Gasteiger partial charge on any atom is -0.444 e. The molecule has 7 nitrogen and oxygen atoms in total. The molecule has 0 bridgehead atoms. The number of nitrogens with zero attached hydrogens (tertiary/aromatic N) is 3. The molecular formula is C24H27F3N4O3. The molecule has 3 heterocycles. The number of aromatic nitrogens is 2. The van der Waals surface area contributed by atoms with E-state index < -0.39 is 35.0 Å². The van der Waals surface area contributed by atoms with E-state index in [1.165, 1.54) is 17.0 Å². The summed E-state index contributed by atoms with van der Waals surface area (Å²) in [5.74, 6) is 0.105. The molecular weight excluding hydrogens is 449 g/mol. The maximum absolute atomic E-state index is 13.3. The predicted octanol–water partition coefficient (Wildman–Crippen LogP) is 4.80. The van der Waals surface area contributed by atoms with Crippen molar-refractivity contribution in [2.24, 2.45) is 0 Å². The van der Waals surface area contributed by atoms with Crippen LogP contribution >= 0.6 is 0 Å². The first kappa shape index (κ1) is 24.0. The van der Waals surface area contributed by atoms with E-state index in [0.717, 1.165) is 12.1 Å². The molecule has 0 aliphatic carbocycles. The molecule has 0 radical (unpaired) electrons. The number of nitrogens with one attached hydrogen (secondary N) is 1. The van der Waals surface area contributed by atoms with Crippen molar-refractivity contribution in [2.75, 3.05) is 6.54 Å². The van der Waals surface area contributed by atoms with E-state index in [0.29, 0.717) is 48.6 Å². The Hall–Kier alpha value is -3.17. The minimum atomic E-state index is -4.43. The summed E-state index contributed by atoms with van der Waals surface area (Å²) in [6.45, 7) is 7.47. The monoisotopic (exact) mass is 476 g/mol. The van der Waals surface area contributed by atoms with Crippen LogP contribution in [-0.2, 0) is 15.7 Å². The minimum absolute atomic E-state index is 0.225. The SMILES string of the molecule is Cc1cc(-c2ccc(C(F)(F)F)cc2)nc([C@@H]2CC[C@@]3(CCNC3=O)N2C(=O)OC(C)(C)C)n1. The highest BCUT2D eigenvalue weighted by atomic mass is 19.4. The molecule has 2 saturated heterocycles. The van der Waals surface area contributed by atoms with Crippen molar-refractivity contribution < 1.29 is 27.5 Å². The number of hydrogen-bond donors (Lipinski definition) is 1. The number of benzene rings is 1. The zero-order chi connectivity index (χ0) is 24.9. The molecule has 1 aromatic carbocycles. The third-order valence-electron chi connectivity index (χ3n) is 6.12. The van der Waals surface area contributed by atoms with Gasteiger partial charge in [-0.05, 0) is 65.2 Å². The van der Waals surface area contributed by atoms with Gasteiger partial charge in [0.2, 0.25) is 5.91 Å². The van der Waals surface area contributed by atoms with Crippen LogP contribution in [0.4, 0.5) is 18.0 Å². The van der Waals surface area contributed by atoms with Crippen molar-refractivity contribution in [1.82, 2.24) is 20.2 Å². The maximum Gasteiger partial charge on any atom is 0.416 e. The molecule has 2 atom stereocenters. The van der Waals surface area contributed by atoms with Crippen LogP contribution in [0.15, 0.2) is 30.3 Å². The highest BCUT2D eigenvalue weighted by Crippen LogP contribution is 2.46. The summed E-state index contributed by atoms with van der Waals surface area (Å²) in [5, 5.41) is 2.82. The molecule has 1 N–H and O–H groups in total. The summed E-state index contributed by atoms with van der Waals surface area (Å²) in [6, 6.07) is 5.81. The van der Waals surface area contributed by atoms with E-state index in [2.05, 4.69) is 15.3 Å². The van der Waals surface area contributed by atoms with Gasteiger partial charge >= 0.3 is 12.3 Å². The summed E-state index contributed by atoms with van der Waals surface area (Å²) in [6.07, 6.45) is -3.69. The van der Waals surface area contributed by atoms with Gasteiger partial charge in [-0.25, -0.2) is 14.8 Å². The lowest BCUT2D eigenvalue weighted by Crippen LogP contribution is -2.54. The number of amides is 2. The third-order valence-corrected chi connectivity index (χ3v) is 6.12. The Bertz CT molecular complexity index is 1110. The topological polar surface area (TPSA) is 84.4 Å². The van der Waals surface area contributed by atoms with Crippen molar-refractivity contribution in [3.63, 3.8) is 0 Å². The molecule has 2 aromatic rings. The smallest absolute Gasteiger partial charge is 0.416 e. The number of ether oxygens (including phenoxy) is 1. The van der Waals surface area contributed by atoms with Gasteiger partial charge in [-0.3, -0.25) is 9.69 Å². The number of halogens is 3. The van der Waals surface area contributed by atoms with Crippen LogP contribution in [0.25, 0.3) is 11.3 Å². The Kier molecular flexibility index (Phi) is 5.81. The standard InChI is InChI=1S/C24H27F3N4O3/c1-14-13-17(15-5-7-16(8-6-15)24(25,26)27)30-19(29-14)18-9-10-23(11-12-28-20(23)32)31(18)21(33)34-22(2,3)4/h5-8,13,18H,9-12H2,1-4H3,(H,28,32)/t18-,23-/m0/s1. The number of alkyl halides is 3. The van der Waals surface area contributed by atoms with Crippen LogP contribution in [0, 0.1) is 6.92 Å².